The van der Waals surface area contributed by atoms with Crippen LogP contribution in [-0.2, 0) is 24.3 Å². The van der Waals surface area contributed by atoms with Crippen molar-refractivity contribution >= 4 is 21.9 Å². The number of benzene rings is 1. The van der Waals surface area contributed by atoms with Crippen LogP contribution in [0, 0.1) is 0 Å². The smallest absolute Gasteiger partial charge is 0.490 e. The average molecular weight is 530 g/mol. The van der Waals surface area contributed by atoms with E-state index in [0.717, 1.165) is 13.1 Å². The number of hydrogen-bond acceptors (Lipinski definition) is 8. The number of hydrogen-bond donors (Lipinski definition) is 2. The van der Waals surface area contributed by atoms with Crippen LogP contribution in [0.1, 0.15) is 6.42 Å². The zero-order valence-corrected chi connectivity index (χ0v) is 20.4. The van der Waals surface area contributed by atoms with Crippen molar-refractivity contribution in [2.75, 3.05) is 67.2 Å². The number of carbonyl (C=O) groups is 2. The van der Waals surface area contributed by atoms with Gasteiger partial charge >= 0.3 is 12.1 Å². The molecule has 2 rings (SSSR count). The number of rotatable bonds is 10. The molecule has 200 valence electrons. The van der Waals surface area contributed by atoms with E-state index < -0.39 is 22.2 Å². The Hall–Kier alpha value is -2.62. The van der Waals surface area contributed by atoms with E-state index in [4.69, 9.17) is 24.1 Å². The van der Waals surface area contributed by atoms with E-state index in [-0.39, 0.29) is 36.9 Å². The third-order valence-corrected chi connectivity index (χ3v) is 6.72. The minimum Gasteiger partial charge on any atom is -0.493 e. The number of alkyl halides is 3. The number of piperazine rings is 1. The van der Waals surface area contributed by atoms with E-state index in [1.807, 2.05) is 0 Å². The van der Waals surface area contributed by atoms with Gasteiger partial charge in [-0.3, -0.25) is 4.79 Å². The van der Waals surface area contributed by atoms with Gasteiger partial charge in [0.1, 0.15) is 0 Å². The van der Waals surface area contributed by atoms with Crippen molar-refractivity contribution in [3.63, 3.8) is 0 Å². The molecular formula is C20H30F3N3O8S. The second kappa shape index (κ2) is 14.1. The molecule has 1 aromatic carbocycles. The molecule has 0 radical (unpaired) electrons. The summed E-state index contributed by atoms with van der Waals surface area (Å²) in [6.07, 6.45) is -4.96. The van der Waals surface area contributed by atoms with Gasteiger partial charge in [-0.15, -0.1) is 0 Å². The SMILES string of the molecule is COCCN(CCC(=O)N1CCNCC1)S(=O)(=O)c1ccc(OC)c(OC)c1.O=C(O)C(F)(F)F. The minimum absolute atomic E-state index is 0.0496. The lowest BCUT2D eigenvalue weighted by atomic mass is 10.3. The Morgan fingerprint density at radius 1 is 1.09 bits per heavy atom. The summed E-state index contributed by atoms with van der Waals surface area (Å²) < 4.78 is 74.7. The first-order valence-corrected chi connectivity index (χ1v) is 11.8. The van der Waals surface area contributed by atoms with Crippen molar-refractivity contribution in [3.05, 3.63) is 18.2 Å². The van der Waals surface area contributed by atoms with E-state index in [9.17, 15) is 26.4 Å². The molecule has 1 saturated heterocycles. The van der Waals surface area contributed by atoms with Gasteiger partial charge in [0.15, 0.2) is 11.5 Å². The highest BCUT2D eigenvalue weighted by molar-refractivity contribution is 7.89. The Bertz CT molecular complexity index is 938. The van der Waals surface area contributed by atoms with Crippen LogP contribution in [0.4, 0.5) is 13.2 Å². The number of halogens is 3. The van der Waals surface area contributed by atoms with Gasteiger partial charge in [0.25, 0.3) is 0 Å². The highest BCUT2D eigenvalue weighted by Gasteiger charge is 2.38. The number of methoxy groups -OCH3 is 3. The summed E-state index contributed by atoms with van der Waals surface area (Å²) in [6, 6.07) is 4.44. The van der Waals surface area contributed by atoms with Gasteiger partial charge < -0.3 is 29.5 Å². The number of carbonyl (C=O) groups excluding carboxylic acids is 1. The number of amides is 1. The quantitative estimate of drug-likeness (QED) is 0.451. The van der Waals surface area contributed by atoms with E-state index in [1.165, 1.54) is 37.8 Å². The minimum atomic E-state index is -5.08. The lowest BCUT2D eigenvalue weighted by Crippen LogP contribution is -2.47. The van der Waals surface area contributed by atoms with Gasteiger partial charge in [-0.25, -0.2) is 13.2 Å². The molecule has 1 aliphatic heterocycles. The van der Waals surface area contributed by atoms with Crippen LogP contribution in [0.3, 0.4) is 0 Å². The second-order valence-corrected chi connectivity index (χ2v) is 9.04. The maximum absolute atomic E-state index is 13.1. The Morgan fingerprint density at radius 3 is 2.14 bits per heavy atom. The molecule has 2 N–H and O–H groups in total. The molecule has 1 aromatic rings. The number of carboxylic acids is 1. The molecule has 0 aromatic heterocycles. The van der Waals surface area contributed by atoms with E-state index in [1.54, 1.807) is 11.0 Å². The summed E-state index contributed by atoms with van der Waals surface area (Å²) in [5, 5.41) is 10.3. The number of nitrogens with zero attached hydrogens (tertiary/aromatic N) is 2. The van der Waals surface area contributed by atoms with Crippen LogP contribution < -0.4 is 14.8 Å². The fraction of sp³-hybridized carbons (Fsp3) is 0.600. The maximum Gasteiger partial charge on any atom is 0.490 e. The highest BCUT2D eigenvalue weighted by Crippen LogP contribution is 2.30. The average Bonchev–Trinajstić information content (AvgIpc) is 2.83. The van der Waals surface area contributed by atoms with Crippen LogP contribution in [-0.4, -0.2) is 108 Å². The van der Waals surface area contributed by atoms with Crippen molar-refractivity contribution in [1.82, 2.24) is 14.5 Å². The summed E-state index contributed by atoms with van der Waals surface area (Å²) in [5.74, 6) is -2.04. The maximum atomic E-state index is 13.1. The van der Waals surface area contributed by atoms with Crippen LogP contribution in [0.15, 0.2) is 23.1 Å². The number of ether oxygens (including phenoxy) is 3. The third kappa shape index (κ3) is 9.51. The number of carboxylic acid groups (broad SMARTS) is 1. The molecule has 0 atom stereocenters. The van der Waals surface area contributed by atoms with Crippen LogP contribution in [0.2, 0.25) is 0 Å². The van der Waals surface area contributed by atoms with E-state index in [0.29, 0.717) is 24.6 Å². The van der Waals surface area contributed by atoms with Gasteiger partial charge in [0, 0.05) is 58.9 Å². The van der Waals surface area contributed by atoms with Gasteiger partial charge in [-0.2, -0.15) is 17.5 Å². The summed E-state index contributed by atoms with van der Waals surface area (Å²) >= 11 is 0. The number of sulfonamides is 1. The molecule has 0 aliphatic carbocycles. The Labute approximate surface area is 201 Å². The fourth-order valence-corrected chi connectivity index (χ4v) is 4.40. The van der Waals surface area contributed by atoms with Gasteiger partial charge in [0.2, 0.25) is 15.9 Å². The summed E-state index contributed by atoms with van der Waals surface area (Å²) in [5.41, 5.74) is 0. The van der Waals surface area contributed by atoms with Crippen LogP contribution in [0.5, 0.6) is 11.5 Å². The lowest BCUT2D eigenvalue weighted by molar-refractivity contribution is -0.192. The molecule has 1 aliphatic rings. The van der Waals surface area contributed by atoms with Gasteiger partial charge in [-0.05, 0) is 12.1 Å². The largest absolute Gasteiger partial charge is 0.493 e. The van der Waals surface area contributed by atoms with Crippen LogP contribution >= 0.6 is 0 Å². The molecule has 15 heteroatoms. The van der Waals surface area contributed by atoms with E-state index in [2.05, 4.69) is 5.32 Å². The predicted octanol–water partition coefficient (Wildman–Crippen LogP) is 0.796. The van der Waals surface area contributed by atoms with Gasteiger partial charge in [-0.1, -0.05) is 0 Å². The molecule has 1 fully saturated rings. The normalized spacial score (nSPS) is 14.2. The monoisotopic (exact) mass is 529 g/mol. The molecule has 0 saturated carbocycles. The fourth-order valence-electron chi connectivity index (χ4n) is 2.96. The van der Waals surface area contributed by atoms with Crippen molar-refractivity contribution in [3.8, 4) is 11.5 Å². The molecule has 35 heavy (non-hydrogen) atoms. The first-order chi connectivity index (χ1) is 16.4. The van der Waals surface area contributed by atoms with Crippen LogP contribution in [0.25, 0.3) is 0 Å². The standard InChI is InChI=1S/C18H29N3O6S.C2HF3O2/c1-25-13-12-21(9-6-18(22)20-10-7-19-8-11-20)28(23,24)15-4-5-16(26-2)17(14-15)27-3;3-2(4,5)1(6)7/h4-5,14,19H,6-13H2,1-3H3;(H,6,7). The molecule has 1 heterocycles. The molecule has 0 spiro atoms. The topological polar surface area (TPSA) is 135 Å². The summed E-state index contributed by atoms with van der Waals surface area (Å²) in [4.78, 5) is 23.2. The Balaban J connectivity index is 0.000000762. The Morgan fingerprint density at radius 2 is 1.66 bits per heavy atom. The molecule has 0 unspecified atom stereocenters. The van der Waals surface area contributed by atoms with Crippen molar-refractivity contribution in [2.45, 2.75) is 17.5 Å². The van der Waals surface area contributed by atoms with Crippen molar-refractivity contribution in [2.24, 2.45) is 0 Å². The summed E-state index contributed by atoms with van der Waals surface area (Å²) in [6.45, 7) is 3.25. The molecular weight excluding hydrogens is 499 g/mol. The predicted molar refractivity (Wildman–Crippen MR) is 118 cm³/mol. The zero-order chi connectivity index (χ0) is 26.6. The van der Waals surface area contributed by atoms with E-state index >= 15 is 0 Å². The van der Waals surface area contributed by atoms with Gasteiger partial charge in [0.05, 0.1) is 25.7 Å². The summed E-state index contributed by atoms with van der Waals surface area (Å²) in [7, 11) is 0.617. The first kappa shape index (κ1) is 30.4. The molecule has 0 bridgehead atoms. The number of aliphatic carboxylic acids is 1. The number of nitrogens with one attached hydrogen (secondary N) is 1. The Kier molecular flexibility index (Phi) is 12.2. The third-order valence-electron chi connectivity index (χ3n) is 4.82. The van der Waals surface area contributed by atoms with Crippen molar-refractivity contribution < 1.29 is 50.5 Å². The van der Waals surface area contributed by atoms with Crippen molar-refractivity contribution in [1.29, 1.82) is 0 Å². The second-order valence-electron chi connectivity index (χ2n) is 7.10. The molecule has 11 nitrogen and oxygen atoms in total. The zero-order valence-electron chi connectivity index (χ0n) is 19.6. The molecule has 1 amide bonds. The first-order valence-electron chi connectivity index (χ1n) is 10.4. The highest BCUT2D eigenvalue weighted by atomic mass is 32.2. The lowest BCUT2D eigenvalue weighted by Gasteiger charge is -2.28.